The first-order valence-corrected chi connectivity index (χ1v) is 6.17. The molecule has 82 valence electrons. The molecule has 1 aliphatic heterocycles. The van der Waals surface area contributed by atoms with Crippen LogP contribution in [-0.2, 0) is 17.8 Å². The highest BCUT2D eigenvalue weighted by atomic mass is 32.1. The van der Waals surface area contributed by atoms with Crippen LogP contribution >= 0.6 is 11.3 Å². The van der Waals surface area contributed by atoms with Crippen LogP contribution in [0.25, 0.3) is 0 Å². The number of hydrogen-bond acceptors (Lipinski definition) is 3. The topological polar surface area (TPSA) is 46.3 Å². The van der Waals surface area contributed by atoms with E-state index >= 15 is 0 Å². The van der Waals surface area contributed by atoms with Crippen LogP contribution < -0.4 is 5.73 Å². The molecular weight excluding hydrogens is 208 g/mol. The Morgan fingerprint density at radius 3 is 3.07 bits per heavy atom. The Bertz CT molecular complexity index is 361. The Balaban J connectivity index is 2.06. The van der Waals surface area contributed by atoms with Crippen LogP contribution in [-0.4, -0.2) is 23.4 Å². The van der Waals surface area contributed by atoms with E-state index in [2.05, 4.69) is 18.4 Å². The molecule has 0 aromatic carbocycles. The molecule has 4 heteroatoms. The van der Waals surface area contributed by atoms with Gasteiger partial charge < -0.3 is 10.6 Å². The summed E-state index contributed by atoms with van der Waals surface area (Å²) in [5.74, 6) is 0.193. The summed E-state index contributed by atoms with van der Waals surface area (Å²) in [6, 6.07) is 2.17. The molecular formula is C11H16N2OS. The van der Waals surface area contributed by atoms with Gasteiger partial charge in [0.15, 0.2) is 0 Å². The summed E-state index contributed by atoms with van der Waals surface area (Å²) in [6.07, 6.45) is 1.54. The maximum absolute atomic E-state index is 11.6. The van der Waals surface area contributed by atoms with E-state index in [4.69, 9.17) is 5.73 Å². The highest BCUT2D eigenvalue weighted by molar-refractivity contribution is 7.10. The van der Waals surface area contributed by atoms with Gasteiger partial charge in [-0.05, 0) is 23.4 Å². The molecule has 0 saturated carbocycles. The van der Waals surface area contributed by atoms with Gasteiger partial charge in [0.1, 0.15) is 0 Å². The normalized spacial score (nSPS) is 21.3. The van der Waals surface area contributed by atoms with E-state index in [0.717, 1.165) is 13.0 Å². The van der Waals surface area contributed by atoms with Gasteiger partial charge in [-0.15, -0.1) is 11.3 Å². The monoisotopic (exact) mass is 224 g/mol. The molecule has 1 aromatic rings. The number of likely N-dealkylation sites (tertiary alicyclic amines) is 1. The average Bonchev–Trinajstić information content (AvgIpc) is 2.74. The summed E-state index contributed by atoms with van der Waals surface area (Å²) in [5, 5.41) is 2.09. The lowest BCUT2D eigenvalue weighted by atomic mass is 10.2. The summed E-state index contributed by atoms with van der Waals surface area (Å²) < 4.78 is 0. The van der Waals surface area contributed by atoms with E-state index in [-0.39, 0.29) is 11.9 Å². The number of aryl methyl sites for hydroxylation is 1. The lowest BCUT2D eigenvalue weighted by Gasteiger charge is -2.15. The third-order valence-electron chi connectivity index (χ3n) is 2.80. The lowest BCUT2D eigenvalue weighted by Crippen LogP contribution is -2.27. The van der Waals surface area contributed by atoms with Gasteiger partial charge in [0.05, 0.1) is 6.54 Å². The largest absolute Gasteiger partial charge is 0.336 e. The van der Waals surface area contributed by atoms with Crippen LogP contribution in [0.2, 0.25) is 0 Å². The van der Waals surface area contributed by atoms with E-state index in [1.807, 2.05) is 4.90 Å². The van der Waals surface area contributed by atoms with Crippen molar-refractivity contribution in [3.8, 4) is 0 Å². The Morgan fingerprint density at radius 1 is 1.67 bits per heavy atom. The van der Waals surface area contributed by atoms with E-state index < -0.39 is 0 Å². The van der Waals surface area contributed by atoms with E-state index in [1.165, 1.54) is 10.4 Å². The van der Waals surface area contributed by atoms with Crippen molar-refractivity contribution in [3.63, 3.8) is 0 Å². The van der Waals surface area contributed by atoms with Crippen LogP contribution in [0.3, 0.4) is 0 Å². The van der Waals surface area contributed by atoms with Crippen LogP contribution in [0, 0.1) is 0 Å². The standard InChI is InChI=1S/C11H16N2OS/c1-2-8-3-4-15-10(8)7-13-6-9(12)5-11(13)14/h3-4,9H,2,5-7,12H2,1H3. The van der Waals surface area contributed by atoms with Crippen molar-refractivity contribution >= 4 is 17.2 Å². The number of amides is 1. The van der Waals surface area contributed by atoms with E-state index in [9.17, 15) is 4.79 Å². The highest BCUT2D eigenvalue weighted by Crippen LogP contribution is 2.21. The van der Waals surface area contributed by atoms with Gasteiger partial charge in [-0.25, -0.2) is 0 Å². The zero-order valence-corrected chi connectivity index (χ0v) is 9.72. The fourth-order valence-corrected chi connectivity index (χ4v) is 2.94. The minimum atomic E-state index is 0.0301. The molecule has 1 atom stereocenters. The molecule has 1 aliphatic rings. The Kier molecular flexibility index (Phi) is 3.07. The summed E-state index contributed by atoms with van der Waals surface area (Å²) >= 11 is 1.73. The van der Waals surface area contributed by atoms with Gasteiger partial charge in [-0.2, -0.15) is 0 Å². The Morgan fingerprint density at radius 2 is 2.47 bits per heavy atom. The second-order valence-electron chi connectivity index (χ2n) is 3.96. The number of carbonyl (C=O) groups excluding carboxylic acids is 1. The van der Waals surface area contributed by atoms with Crippen LogP contribution in [0.15, 0.2) is 11.4 Å². The van der Waals surface area contributed by atoms with Crippen LogP contribution in [0.4, 0.5) is 0 Å². The number of hydrogen-bond donors (Lipinski definition) is 1. The maximum atomic E-state index is 11.6. The first-order chi connectivity index (χ1) is 7.20. The predicted octanol–water partition coefficient (Wildman–Crippen LogP) is 1.37. The van der Waals surface area contributed by atoms with Gasteiger partial charge >= 0.3 is 0 Å². The molecule has 1 saturated heterocycles. The summed E-state index contributed by atoms with van der Waals surface area (Å²) in [4.78, 5) is 14.7. The third-order valence-corrected chi connectivity index (χ3v) is 3.75. The minimum absolute atomic E-state index is 0.0301. The van der Waals surface area contributed by atoms with Crippen molar-refractivity contribution < 1.29 is 4.79 Å². The maximum Gasteiger partial charge on any atom is 0.224 e. The van der Waals surface area contributed by atoms with Crippen molar-refractivity contribution in [1.29, 1.82) is 0 Å². The zero-order valence-electron chi connectivity index (χ0n) is 8.90. The molecule has 0 aliphatic carbocycles. The molecule has 2 heterocycles. The summed E-state index contributed by atoms with van der Waals surface area (Å²) in [5.41, 5.74) is 7.11. The number of nitrogens with two attached hydrogens (primary N) is 1. The Hall–Kier alpha value is -0.870. The molecule has 1 unspecified atom stereocenters. The van der Waals surface area contributed by atoms with Crippen molar-refractivity contribution in [2.75, 3.05) is 6.54 Å². The van der Waals surface area contributed by atoms with Crippen molar-refractivity contribution in [2.45, 2.75) is 32.4 Å². The minimum Gasteiger partial charge on any atom is -0.336 e. The molecule has 1 aromatic heterocycles. The number of rotatable bonds is 3. The van der Waals surface area contributed by atoms with E-state index in [0.29, 0.717) is 13.0 Å². The second kappa shape index (κ2) is 4.33. The van der Waals surface area contributed by atoms with Crippen LogP contribution in [0.1, 0.15) is 23.8 Å². The fourth-order valence-electron chi connectivity index (χ4n) is 1.95. The van der Waals surface area contributed by atoms with Gasteiger partial charge in [-0.1, -0.05) is 6.92 Å². The fraction of sp³-hybridized carbons (Fsp3) is 0.545. The lowest BCUT2D eigenvalue weighted by molar-refractivity contribution is -0.128. The van der Waals surface area contributed by atoms with Gasteiger partial charge in [0, 0.05) is 23.9 Å². The smallest absolute Gasteiger partial charge is 0.224 e. The summed E-state index contributed by atoms with van der Waals surface area (Å²) in [7, 11) is 0. The molecule has 0 spiro atoms. The van der Waals surface area contributed by atoms with Crippen LogP contribution in [0.5, 0.6) is 0 Å². The predicted molar refractivity (Wildman–Crippen MR) is 61.7 cm³/mol. The van der Waals surface area contributed by atoms with Crippen molar-refractivity contribution in [2.24, 2.45) is 5.73 Å². The van der Waals surface area contributed by atoms with Crippen molar-refractivity contribution in [3.05, 3.63) is 21.9 Å². The molecule has 0 radical (unpaired) electrons. The molecule has 1 amide bonds. The molecule has 0 bridgehead atoms. The zero-order chi connectivity index (χ0) is 10.8. The molecule has 3 nitrogen and oxygen atoms in total. The molecule has 2 N–H and O–H groups in total. The highest BCUT2D eigenvalue weighted by Gasteiger charge is 2.27. The average molecular weight is 224 g/mol. The third kappa shape index (κ3) is 2.21. The number of carbonyl (C=O) groups is 1. The quantitative estimate of drug-likeness (QED) is 0.843. The van der Waals surface area contributed by atoms with Gasteiger partial charge in [0.2, 0.25) is 5.91 Å². The Labute approximate surface area is 93.9 Å². The van der Waals surface area contributed by atoms with E-state index in [1.54, 1.807) is 11.3 Å². The summed E-state index contributed by atoms with van der Waals surface area (Å²) in [6.45, 7) is 3.59. The molecule has 1 fully saturated rings. The second-order valence-corrected chi connectivity index (χ2v) is 4.96. The number of thiophene rings is 1. The van der Waals surface area contributed by atoms with Gasteiger partial charge in [0.25, 0.3) is 0 Å². The van der Waals surface area contributed by atoms with Crippen molar-refractivity contribution in [1.82, 2.24) is 4.90 Å². The number of nitrogens with zero attached hydrogens (tertiary/aromatic N) is 1. The van der Waals surface area contributed by atoms with Gasteiger partial charge in [-0.3, -0.25) is 4.79 Å². The SMILES string of the molecule is CCc1ccsc1CN1CC(N)CC1=O. The first-order valence-electron chi connectivity index (χ1n) is 5.29. The first kappa shape index (κ1) is 10.6. The molecule has 15 heavy (non-hydrogen) atoms. The molecule has 2 rings (SSSR count).